The van der Waals surface area contributed by atoms with Crippen LogP contribution < -0.4 is 0 Å². The first-order valence-electron chi connectivity index (χ1n) is 3.10. The summed E-state index contributed by atoms with van der Waals surface area (Å²) in [5.41, 5.74) is 0. The van der Waals surface area contributed by atoms with Gasteiger partial charge >= 0.3 is 10.1 Å². The molecule has 62 valence electrons. The first kappa shape index (κ1) is 8.29. The smallest absolute Gasteiger partial charge is 0.328 e. The molecule has 0 amide bonds. The first-order chi connectivity index (χ1) is 5.04. The van der Waals surface area contributed by atoms with E-state index in [1.54, 1.807) is 0 Å². The van der Waals surface area contributed by atoms with Crippen molar-refractivity contribution in [3.8, 4) is 0 Å². The van der Waals surface area contributed by atoms with Crippen LogP contribution in [0.3, 0.4) is 0 Å². The summed E-state index contributed by atoms with van der Waals surface area (Å²) in [4.78, 5) is 0. The Kier molecular flexibility index (Phi) is 2.01. The van der Waals surface area contributed by atoms with Crippen LogP contribution in [-0.2, 0) is 16.5 Å². The summed E-state index contributed by atoms with van der Waals surface area (Å²) >= 11 is 0. The molecule has 1 heterocycles. The second-order valence-corrected chi connectivity index (χ2v) is 3.40. The van der Waals surface area contributed by atoms with E-state index in [0.717, 1.165) is 0 Å². The van der Waals surface area contributed by atoms with Crippen LogP contribution in [0.25, 0.3) is 0 Å². The molecule has 0 unspecified atom stereocenters. The lowest BCUT2D eigenvalue weighted by Crippen LogP contribution is -1.94. The zero-order valence-electron chi connectivity index (χ0n) is 5.94. The van der Waals surface area contributed by atoms with Gasteiger partial charge in [-0.25, -0.2) is 0 Å². The van der Waals surface area contributed by atoms with Gasteiger partial charge < -0.3 is 4.42 Å². The minimum absolute atomic E-state index is 0.394. The van der Waals surface area contributed by atoms with Crippen molar-refractivity contribution in [3.05, 3.63) is 17.9 Å². The van der Waals surface area contributed by atoms with Crippen LogP contribution in [0.15, 0.2) is 21.6 Å². The second-order valence-electron chi connectivity index (χ2n) is 2.05. The molecule has 0 radical (unpaired) electrons. The molecule has 0 atom stereocenters. The number of rotatable bonds is 2. The zero-order chi connectivity index (χ0) is 8.48. The second kappa shape index (κ2) is 2.67. The van der Waals surface area contributed by atoms with E-state index in [-0.39, 0.29) is 0 Å². The Morgan fingerprint density at radius 2 is 2.18 bits per heavy atom. The lowest BCUT2D eigenvalue weighted by atomic mass is 10.4. The summed E-state index contributed by atoms with van der Waals surface area (Å²) in [5.74, 6) is 0.539. The van der Waals surface area contributed by atoms with E-state index in [4.69, 9.17) is 8.97 Å². The summed E-state index contributed by atoms with van der Waals surface area (Å²) in [7, 11) is -4.16. The van der Waals surface area contributed by atoms with Crippen molar-refractivity contribution in [1.29, 1.82) is 0 Å². The molecule has 0 saturated carbocycles. The third-order valence-electron chi connectivity index (χ3n) is 1.24. The third kappa shape index (κ3) is 1.81. The van der Waals surface area contributed by atoms with E-state index in [2.05, 4.69) is 0 Å². The standard InChI is InChI=1S/C6H8O4S/c1-2-5-3-4-6(10-5)11(7,8)9/h3-4H,2H2,1H3,(H,7,8,9). The van der Waals surface area contributed by atoms with Gasteiger partial charge in [-0.15, -0.1) is 0 Å². The third-order valence-corrected chi connectivity index (χ3v) is 1.97. The van der Waals surface area contributed by atoms with E-state index >= 15 is 0 Å². The molecule has 0 aliphatic rings. The molecule has 0 fully saturated rings. The summed E-state index contributed by atoms with van der Waals surface area (Å²) in [6, 6.07) is 2.75. The SMILES string of the molecule is CCc1ccc(S(=O)(=O)O)o1. The highest BCUT2D eigenvalue weighted by Crippen LogP contribution is 2.13. The van der Waals surface area contributed by atoms with Gasteiger partial charge in [0.05, 0.1) is 0 Å². The summed E-state index contributed by atoms with van der Waals surface area (Å²) in [6.07, 6.45) is 0.607. The normalized spacial score (nSPS) is 11.8. The highest BCUT2D eigenvalue weighted by Gasteiger charge is 2.13. The molecule has 4 nitrogen and oxygen atoms in total. The molecule has 1 aromatic heterocycles. The van der Waals surface area contributed by atoms with Gasteiger partial charge in [-0.2, -0.15) is 8.42 Å². The van der Waals surface area contributed by atoms with E-state index in [0.29, 0.717) is 12.2 Å². The number of hydrogen-bond acceptors (Lipinski definition) is 3. The van der Waals surface area contributed by atoms with Crippen LogP contribution in [0.4, 0.5) is 0 Å². The summed E-state index contributed by atoms with van der Waals surface area (Å²) in [6.45, 7) is 1.83. The molecule has 1 N–H and O–H groups in total. The molecule has 5 heteroatoms. The van der Waals surface area contributed by atoms with Gasteiger partial charge in [0.2, 0.25) is 5.09 Å². The van der Waals surface area contributed by atoms with Crippen molar-refractivity contribution in [2.24, 2.45) is 0 Å². The molecule has 0 aromatic carbocycles. The van der Waals surface area contributed by atoms with Crippen molar-refractivity contribution >= 4 is 10.1 Å². The predicted octanol–water partition coefficient (Wildman–Crippen LogP) is 1.09. The Labute approximate surface area is 64.6 Å². The number of aryl methyl sites for hydroxylation is 1. The number of hydrogen-bond donors (Lipinski definition) is 1. The quantitative estimate of drug-likeness (QED) is 0.685. The van der Waals surface area contributed by atoms with Crippen LogP contribution in [0.5, 0.6) is 0 Å². The van der Waals surface area contributed by atoms with Gasteiger partial charge in [-0.05, 0) is 12.1 Å². The molecule has 0 spiro atoms. The van der Waals surface area contributed by atoms with Gasteiger partial charge in [-0.3, -0.25) is 4.55 Å². The molecule has 11 heavy (non-hydrogen) atoms. The Morgan fingerprint density at radius 3 is 2.45 bits per heavy atom. The predicted molar refractivity (Wildman–Crippen MR) is 37.9 cm³/mol. The molecule has 0 aliphatic carbocycles. The van der Waals surface area contributed by atoms with Crippen molar-refractivity contribution in [2.75, 3.05) is 0 Å². The van der Waals surface area contributed by atoms with Gasteiger partial charge in [0, 0.05) is 6.42 Å². The Balaban J connectivity index is 3.09. The maximum atomic E-state index is 10.4. The van der Waals surface area contributed by atoms with E-state index in [9.17, 15) is 8.42 Å². The Bertz CT molecular complexity index is 335. The fourth-order valence-electron chi connectivity index (χ4n) is 0.687. The minimum Gasteiger partial charge on any atom is -0.447 e. The monoisotopic (exact) mass is 176 g/mol. The fraction of sp³-hybridized carbons (Fsp3) is 0.333. The largest absolute Gasteiger partial charge is 0.447 e. The fourth-order valence-corrected chi connectivity index (χ4v) is 1.14. The van der Waals surface area contributed by atoms with Crippen LogP contribution in [0, 0.1) is 0 Å². The molecular weight excluding hydrogens is 168 g/mol. The average molecular weight is 176 g/mol. The summed E-state index contributed by atoms with van der Waals surface area (Å²) in [5, 5.41) is -0.394. The van der Waals surface area contributed by atoms with Gasteiger partial charge in [0.25, 0.3) is 0 Å². The lowest BCUT2D eigenvalue weighted by Gasteiger charge is -1.88. The molecule has 0 bridgehead atoms. The Hall–Kier alpha value is -0.810. The van der Waals surface area contributed by atoms with E-state index in [1.807, 2.05) is 6.92 Å². The average Bonchev–Trinajstić information content (AvgIpc) is 2.32. The van der Waals surface area contributed by atoms with Crippen molar-refractivity contribution in [1.82, 2.24) is 0 Å². The molecule has 1 rings (SSSR count). The van der Waals surface area contributed by atoms with Crippen LogP contribution in [0.1, 0.15) is 12.7 Å². The Morgan fingerprint density at radius 1 is 1.55 bits per heavy atom. The van der Waals surface area contributed by atoms with Crippen molar-refractivity contribution < 1.29 is 17.4 Å². The van der Waals surface area contributed by atoms with Crippen LogP contribution in [-0.4, -0.2) is 13.0 Å². The highest BCUT2D eigenvalue weighted by atomic mass is 32.2. The number of furan rings is 1. The first-order valence-corrected chi connectivity index (χ1v) is 4.54. The van der Waals surface area contributed by atoms with E-state index in [1.165, 1.54) is 12.1 Å². The van der Waals surface area contributed by atoms with E-state index < -0.39 is 15.2 Å². The van der Waals surface area contributed by atoms with Crippen molar-refractivity contribution in [2.45, 2.75) is 18.4 Å². The zero-order valence-corrected chi connectivity index (χ0v) is 6.76. The van der Waals surface area contributed by atoms with Crippen molar-refractivity contribution in [3.63, 3.8) is 0 Å². The van der Waals surface area contributed by atoms with Crippen LogP contribution >= 0.6 is 0 Å². The summed E-state index contributed by atoms with van der Waals surface area (Å²) < 4.78 is 34.1. The van der Waals surface area contributed by atoms with Gasteiger partial charge in [0.1, 0.15) is 5.76 Å². The van der Waals surface area contributed by atoms with Gasteiger partial charge in [0.15, 0.2) is 0 Å². The molecule has 1 aromatic rings. The van der Waals surface area contributed by atoms with Gasteiger partial charge in [-0.1, -0.05) is 6.92 Å². The lowest BCUT2D eigenvalue weighted by molar-refractivity contribution is 0.387. The maximum absolute atomic E-state index is 10.4. The topological polar surface area (TPSA) is 67.5 Å². The highest BCUT2D eigenvalue weighted by molar-refractivity contribution is 7.85. The maximum Gasteiger partial charge on any atom is 0.328 e. The van der Waals surface area contributed by atoms with Crippen LogP contribution in [0.2, 0.25) is 0 Å². The minimum atomic E-state index is -4.16. The molecule has 0 saturated heterocycles. The molecule has 0 aliphatic heterocycles. The molecular formula is C6H8O4S.